The van der Waals surface area contributed by atoms with Gasteiger partial charge in [-0.05, 0) is 55.7 Å². The Kier molecular flexibility index (Phi) is 10.6. The maximum Gasteiger partial charge on any atom is 0.261 e. The third-order valence-corrected chi connectivity index (χ3v) is 6.23. The first-order valence-electron chi connectivity index (χ1n) is 10.7. The number of amides is 2. The van der Waals surface area contributed by atoms with Crippen molar-refractivity contribution in [3.8, 4) is 5.75 Å². The predicted octanol–water partition coefficient (Wildman–Crippen LogP) is 6.06. The van der Waals surface area contributed by atoms with Gasteiger partial charge in [-0.25, -0.2) is 0 Å². The number of nitrogens with one attached hydrogen (secondary N) is 1. The molecule has 0 heterocycles. The Morgan fingerprint density at radius 1 is 1.06 bits per heavy atom. The lowest BCUT2D eigenvalue weighted by Gasteiger charge is -2.31. The molecule has 0 aliphatic rings. The molecule has 2 aromatic carbocycles. The quantitative estimate of drug-likeness (QED) is 0.382. The lowest BCUT2D eigenvalue weighted by Crippen LogP contribution is -2.50. The fraction of sp³-hybridized carbons (Fsp3) is 0.417. The summed E-state index contributed by atoms with van der Waals surface area (Å²) in [5.74, 6) is -0.0256. The van der Waals surface area contributed by atoms with E-state index in [0.29, 0.717) is 39.3 Å². The second-order valence-electron chi connectivity index (χ2n) is 7.49. The number of hydrogen-bond donors (Lipinski definition) is 1. The molecule has 174 valence electrons. The Bertz CT molecular complexity index is 916. The van der Waals surface area contributed by atoms with Crippen LogP contribution in [0.1, 0.15) is 44.2 Å². The number of unbranched alkanes of at least 4 members (excludes halogenated alkanes) is 1. The molecule has 32 heavy (non-hydrogen) atoms. The Hall–Kier alpha value is -1.95. The van der Waals surface area contributed by atoms with Gasteiger partial charge in [-0.3, -0.25) is 9.59 Å². The molecule has 0 spiro atoms. The minimum Gasteiger partial charge on any atom is -0.484 e. The topological polar surface area (TPSA) is 58.6 Å². The van der Waals surface area contributed by atoms with Crippen molar-refractivity contribution in [3.05, 3.63) is 62.6 Å². The predicted molar refractivity (Wildman–Crippen MR) is 131 cm³/mol. The van der Waals surface area contributed by atoms with Crippen molar-refractivity contribution < 1.29 is 14.3 Å². The van der Waals surface area contributed by atoms with E-state index in [0.717, 1.165) is 18.4 Å². The first-order chi connectivity index (χ1) is 15.3. The summed E-state index contributed by atoms with van der Waals surface area (Å²) < 4.78 is 5.71. The zero-order valence-electron chi connectivity index (χ0n) is 18.6. The Morgan fingerprint density at radius 2 is 1.75 bits per heavy atom. The van der Waals surface area contributed by atoms with E-state index in [1.54, 1.807) is 36.4 Å². The summed E-state index contributed by atoms with van der Waals surface area (Å²) in [5, 5.41) is 4.41. The summed E-state index contributed by atoms with van der Waals surface area (Å²) in [6.07, 6.45) is 2.26. The molecule has 5 nitrogen and oxygen atoms in total. The molecule has 0 radical (unpaired) electrons. The minimum atomic E-state index is -0.678. The molecule has 1 N–H and O–H groups in total. The Balaban J connectivity index is 2.25. The zero-order chi connectivity index (χ0) is 23.7. The van der Waals surface area contributed by atoms with Gasteiger partial charge in [-0.2, -0.15) is 0 Å². The van der Waals surface area contributed by atoms with E-state index >= 15 is 0 Å². The SMILES string of the molecule is CCCCNC(=O)[C@@H](CC)N(Cc1c(Cl)cccc1Cl)C(=O)COc1ccc(Cl)c(C)c1. The number of nitrogens with zero attached hydrogens (tertiary/aromatic N) is 1. The van der Waals surface area contributed by atoms with Crippen molar-refractivity contribution in [1.82, 2.24) is 10.2 Å². The fourth-order valence-electron chi connectivity index (χ4n) is 3.21. The van der Waals surface area contributed by atoms with E-state index in [2.05, 4.69) is 12.2 Å². The summed E-state index contributed by atoms with van der Waals surface area (Å²) >= 11 is 18.8. The van der Waals surface area contributed by atoms with E-state index < -0.39 is 6.04 Å². The number of carbonyl (C=O) groups excluding carboxylic acids is 2. The molecule has 2 amide bonds. The van der Waals surface area contributed by atoms with Gasteiger partial charge in [0, 0.05) is 33.7 Å². The molecule has 0 aliphatic carbocycles. The molecule has 8 heteroatoms. The molecule has 0 aromatic heterocycles. The number of halogens is 3. The smallest absolute Gasteiger partial charge is 0.261 e. The average molecular weight is 500 g/mol. The number of rotatable bonds is 11. The van der Waals surface area contributed by atoms with Gasteiger partial charge in [-0.1, -0.05) is 61.1 Å². The lowest BCUT2D eigenvalue weighted by molar-refractivity contribution is -0.143. The van der Waals surface area contributed by atoms with E-state index in [-0.39, 0.29) is 25.0 Å². The second-order valence-corrected chi connectivity index (χ2v) is 8.71. The zero-order valence-corrected chi connectivity index (χ0v) is 20.9. The van der Waals surface area contributed by atoms with Crippen LogP contribution < -0.4 is 10.1 Å². The van der Waals surface area contributed by atoms with E-state index in [1.165, 1.54) is 4.90 Å². The first kappa shape index (κ1) is 26.3. The van der Waals surface area contributed by atoms with Crippen LogP contribution in [-0.4, -0.2) is 35.9 Å². The molecule has 2 aromatic rings. The van der Waals surface area contributed by atoms with E-state index in [1.807, 2.05) is 13.8 Å². The van der Waals surface area contributed by atoms with Crippen LogP contribution >= 0.6 is 34.8 Å². The standard InChI is InChI=1S/C24H29Cl3N2O3/c1-4-6-12-28-24(31)22(5-2)29(14-18-20(26)8-7-9-21(18)27)23(30)15-32-17-10-11-19(25)16(3)13-17/h7-11,13,22H,4-6,12,14-15H2,1-3H3,(H,28,31)/t22-/m1/s1. The fourth-order valence-corrected chi connectivity index (χ4v) is 3.85. The van der Waals surface area contributed by atoms with Crippen LogP contribution in [0.5, 0.6) is 5.75 Å². The number of ether oxygens (including phenoxy) is 1. The first-order valence-corrected chi connectivity index (χ1v) is 11.8. The summed E-state index contributed by atoms with van der Waals surface area (Å²) in [6, 6.07) is 9.66. The summed E-state index contributed by atoms with van der Waals surface area (Å²) in [6.45, 7) is 6.19. The Labute approximate surface area is 205 Å². The van der Waals surface area contributed by atoms with Gasteiger partial charge in [0.2, 0.25) is 5.91 Å². The second kappa shape index (κ2) is 12.9. The minimum absolute atomic E-state index is 0.0973. The van der Waals surface area contributed by atoms with Gasteiger partial charge >= 0.3 is 0 Å². The molecular weight excluding hydrogens is 471 g/mol. The third kappa shape index (κ3) is 7.29. The highest BCUT2D eigenvalue weighted by atomic mass is 35.5. The van der Waals surface area contributed by atoms with Crippen LogP contribution in [0.15, 0.2) is 36.4 Å². The van der Waals surface area contributed by atoms with E-state index in [9.17, 15) is 9.59 Å². The normalized spacial score (nSPS) is 11.7. The maximum atomic E-state index is 13.2. The number of carbonyl (C=O) groups is 2. The van der Waals surface area contributed by atoms with Crippen LogP contribution in [0.4, 0.5) is 0 Å². The molecule has 0 unspecified atom stereocenters. The third-order valence-electron chi connectivity index (χ3n) is 5.10. The van der Waals surface area contributed by atoms with Gasteiger partial charge in [0.15, 0.2) is 6.61 Å². The van der Waals surface area contributed by atoms with Crippen molar-refractivity contribution >= 4 is 46.6 Å². The monoisotopic (exact) mass is 498 g/mol. The van der Waals surface area contributed by atoms with Crippen molar-refractivity contribution in [2.45, 2.75) is 52.6 Å². The molecule has 1 atom stereocenters. The molecule has 0 aliphatic heterocycles. The van der Waals surface area contributed by atoms with Crippen molar-refractivity contribution in [2.24, 2.45) is 0 Å². The van der Waals surface area contributed by atoms with Gasteiger partial charge in [0.25, 0.3) is 5.91 Å². The molecular formula is C24H29Cl3N2O3. The van der Waals surface area contributed by atoms with Crippen LogP contribution in [0.3, 0.4) is 0 Å². The summed E-state index contributed by atoms with van der Waals surface area (Å²) in [7, 11) is 0. The highest BCUT2D eigenvalue weighted by Crippen LogP contribution is 2.27. The molecule has 0 saturated carbocycles. The van der Waals surface area contributed by atoms with Crippen LogP contribution in [0.2, 0.25) is 15.1 Å². The number of aryl methyl sites for hydroxylation is 1. The largest absolute Gasteiger partial charge is 0.484 e. The van der Waals surface area contributed by atoms with Crippen molar-refractivity contribution in [3.63, 3.8) is 0 Å². The average Bonchev–Trinajstić information content (AvgIpc) is 2.76. The van der Waals surface area contributed by atoms with Gasteiger partial charge < -0.3 is 15.0 Å². The molecule has 0 bridgehead atoms. The van der Waals surface area contributed by atoms with E-state index in [4.69, 9.17) is 39.5 Å². The summed E-state index contributed by atoms with van der Waals surface area (Å²) in [4.78, 5) is 27.6. The molecule has 0 saturated heterocycles. The maximum absolute atomic E-state index is 13.2. The van der Waals surface area contributed by atoms with Crippen molar-refractivity contribution in [1.29, 1.82) is 0 Å². The van der Waals surface area contributed by atoms with Crippen LogP contribution in [0.25, 0.3) is 0 Å². The van der Waals surface area contributed by atoms with Gasteiger partial charge in [0.05, 0.1) is 0 Å². The van der Waals surface area contributed by atoms with Crippen molar-refractivity contribution in [2.75, 3.05) is 13.2 Å². The summed E-state index contributed by atoms with van der Waals surface area (Å²) in [5.41, 5.74) is 1.43. The Morgan fingerprint density at radius 3 is 2.34 bits per heavy atom. The number of benzene rings is 2. The van der Waals surface area contributed by atoms with Gasteiger partial charge in [-0.15, -0.1) is 0 Å². The van der Waals surface area contributed by atoms with Crippen LogP contribution in [-0.2, 0) is 16.1 Å². The highest BCUT2D eigenvalue weighted by molar-refractivity contribution is 6.36. The van der Waals surface area contributed by atoms with Gasteiger partial charge in [0.1, 0.15) is 11.8 Å². The van der Waals surface area contributed by atoms with Crippen LogP contribution in [0, 0.1) is 6.92 Å². The lowest BCUT2D eigenvalue weighted by atomic mass is 10.1. The molecule has 0 fully saturated rings. The highest BCUT2D eigenvalue weighted by Gasteiger charge is 2.30. The number of hydrogen-bond acceptors (Lipinski definition) is 3. The molecule has 2 rings (SSSR count).